The molecule has 0 fully saturated rings. The van der Waals surface area contributed by atoms with Crippen LogP contribution in [0, 0.1) is 0 Å². The van der Waals surface area contributed by atoms with E-state index < -0.39 is 17.3 Å². The van der Waals surface area contributed by atoms with Crippen LogP contribution in [-0.2, 0) is 19.8 Å². The summed E-state index contributed by atoms with van der Waals surface area (Å²) < 4.78 is 42.7. The molecule has 10 heteroatoms. The van der Waals surface area contributed by atoms with E-state index >= 15 is 0 Å². The molecule has 0 spiro atoms. The average molecular weight is 439 g/mol. The first-order chi connectivity index (χ1) is 15.3. The number of aromatic amines is 1. The minimum absolute atomic E-state index is 0.133. The Morgan fingerprint density at radius 3 is 2.56 bits per heavy atom. The van der Waals surface area contributed by atoms with Gasteiger partial charge in [0, 0.05) is 12.6 Å². The number of benzene rings is 2. The number of rotatable bonds is 3. The van der Waals surface area contributed by atoms with E-state index in [1.807, 2.05) is 0 Å². The molecule has 0 saturated carbocycles. The van der Waals surface area contributed by atoms with Gasteiger partial charge in [-0.05, 0) is 29.8 Å². The van der Waals surface area contributed by atoms with Gasteiger partial charge in [-0.3, -0.25) is 14.6 Å². The van der Waals surface area contributed by atoms with Crippen molar-refractivity contribution in [2.45, 2.75) is 12.8 Å². The van der Waals surface area contributed by atoms with Crippen LogP contribution < -0.4 is 5.56 Å². The minimum Gasteiger partial charge on any atom is -0.392 e. The second kappa shape index (κ2) is 7.06. The summed E-state index contributed by atoms with van der Waals surface area (Å²) in [5, 5.41) is 17.2. The molecule has 0 aliphatic carbocycles. The zero-order chi connectivity index (χ0) is 22.6. The summed E-state index contributed by atoms with van der Waals surface area (Å²) in [6.45, 7) is -0.137. The predicted octanol–water partition coefficient (Wildman–Crippen LogP) is 3.78. The maximum atomic E-state index is 13.4. The summed E-state index contributed by atoms with van der Waals surface area (Å²) in [7, 11) is 1.67. The number of hydrogen-bond acceptors (Lipinski definition) is 4. The molecule has 0 bridgehead atoms. The van der Waals surface area contributed by atoms with Crippen LogP contribution in [0.3, 0.4) is 0 Å². The first-order valence-corrected chi connectivity index (χ1v) is 9.62. The maximum Gasteiger partial charge on any atom is 0.416 e. The Morgan fingerprint density at radius 2 is 1.88 bits per heavy atom. The molecule has 3 heterocycles. The van der Waals surface area contributed by atoms with Crippen LogP contribution >= 0.6 is 0 Å². The lowest BCUT2D eigenvalue weighted by molar-refractivity contribution is -0.137. The summed E-state index contributed by atoms with van der Waals surface area (Å²) in [5.74, 6) is 0. The lowest BCUT2D eigenvalue weighted by Gasteiger charge is -2.09. The highest BCUT2D eigenvalue weighted by molar-refractivity contribution is 6.07. The highest BCUT2D eigenvalue weighted by Crippen LogP contribution is 2.34. The minimum atomic E-state index is -4.53. The van der Waals surface area contributed by atoms with Gasteiger partial charge in [0.1, 0.15) is 0 Å². The number of aromatic nitrogens is 5. The number of aliphatic hydroxyl groups is 1. The Morgan fingerprint density at radius 1 is 1.12 bits per heavy atom. The summed E-state index contributed by atoms with van der Waals surface area (Å²) in [6, 6.07) is 11.4. The lowest BCUT2D eigenvalue weighted by atomic mass is 10.0. The fourth-order valence-corrected chi connectivity index (χ4v) is 3.74. The molecule has 0 unspecified atom stereocenters. The maximum absolute atomic E-state index is 13.4. The Balaban J connectivity index is 1.84. The molecule has 7 nitrogen and oxygen atoms in total. The van der Waals surface area contributed by atoms with Gasteiger partial charge in [-0.15, -0.1) is 0 Å². The summed E-state index contributed by atoms with van der Waals surface area (Å²) >= 11 is 0. The molecular formula is C22H16F3N5O2. The van der Waals surface area contributed by atoms with Gasteiger partial charge in [0.25, 0.3) is 5.56 Å². The number of pyridine rings is 1. The predicted molar refractivity (Wildman–Crippen MR) is 112 cm³/mol. The molecule has 0 amide bonds. The highest BCUT2D eigenvalue weighted by atomic mass is 19.4. The van der Waals surface area contributed by atoms with Gasteiger partial charge >= 0.3 is 6.18 Å². The van der Waals surface area contributed by atoms with Gasteiger partial charge < -0.3 is 5.11 Å². The van der Waals surface area contributed by atoms with E-state index in [1.165, 1.54) is 21.5 Å². The number of hydrogen-bond donors (Lipinski definition) is 2. The number of nitrogens with one attached hydrogen (secondary N) is 1. The third kappa shape index (κ3) is 3.07. The largest absolute Gasteiger partial charge is 0.416 e. The zero-order valence-corrected chi connectivity index (χ0v) is 16.7. The molecule has 2 N–H and O–H groups in total. The van der Waals surface area contributed by atoms with Crippen LogP contribution in [0.2, 0.25) is 0 Å². The Bertz CT molecular complexity index is 1530. The first kappa shape index (κ1) is 20.0. The van der Waals surface area contributed by atoms with Crippen molar-refractivity contribution in [1.82, 2.24) is 24.5 Å². The van der Waals surface area contributed by atoms with E-state index in [0.717, 1.165) is 12.1 Å². The van der Waals surface area contributed by atoms with Gasteiger partial charge in [0.2, 0.25) is 0 Å². The van der Waals surface area contributed by atoms with Crippen molar-refractivity contribution in [2.24, 2.45) is 7.05 Å². The summed E-state index contributed by atoms with van der Waals surface area (Å²) in [6.07, 6.45) is -2.98. The fourth-order valence-electron chi connectivity index (χ4n) is 3.74. The van der Waals surface area contributed by atoms with Crippen LogP contribution in [-0.4, -0.2) is 29.7 Å². The molecule has 0 radical (unpaired) electrons. The molecule has 2 aromatic carbocycles. The number of alkyl halides is 3. The van der Waals surface area contributed by atoms with Crippen LogP contribution in [0.1, 0.15) is 11.1 Å². The molecule has 0 atom stereocenters. The van der Waals surface area contributed by atoms with E-state index in [9.17, 15) is 23.1 Å². The van der Waals surface area contributed by atoms with Crippen molar-refractivity contribution in [3.8, 4) is 16.9 Å². The van der Waals surface area contributed by atoms with E-state index in [0.29, 0.717) is 27.8 Å². The number of halogens is 3. The molecule has 5 aromatic rings. The smallest absolute Gasteiger partial charge is 0.392 e. The van der Waals surface area contributed by atoms with Crippen molar-refractivity contribution in [3.05, 3.63) is 76.2 Å². The van der Waals surface area contributed by atoms with Gasteiger partial charge in [-0.25, -0.2) is 9.67 Å². The number of nitrogens with zero attached hydrogens (tertiary/aromatic N) is 4. The van der Waals surface area contributed by atoms with Gasteiger partial charge in [0.05, 0.1) is 46.0 Å². The number of H-pyrrole nitrogens is 1. The van der Waals surface area contributed by atoms with E-state index in [4.69, 9.17) is 0 Å². The normalized spacial score (nSPS) is 12.2. The molecule has 3 aromatic heterocycles. The monoisotopic (exact) mass is 439 g/mol. The second-order valence-corrected chi connectivity index (χ2v) is 7.37. The summed E-state index contributed by atoms with van der Waals surface area (Å²) in [5.41, 5.74) is 1.06. The van der Waals surface area contributed by atoms with Crippen molar-refractivity contribution in [1.29, 1.82) is 0 Å². The molecule has 0 aliphatic rings. The molecule has 0 saturated heterocycles. The number of aryl methyl sites for hydroxylation is 1. The van der Waals surface area contributed by atoms with Gasteiger partial charge in [-0.2, -0.15) is 18.3 Å². The first-order valence-electron chi connectivity index (χ1n) is 9.62. The molecular weight excluding hydrogens is 423 g/mol. The fraction of sp³-hybridized carbons (Fsp3) is 0.136. The quantitative estimate of drug-likeness (QED) is 0.448. The topological polar surface area (TPSA) is 88.7 Å². The second-order valence-electron chi connectivity index (χ2n) is 7.37. The number of fused-ring (bicyclic) bond motifs is 3. The molecule has 32 heavy (non-hydrogen) atoms. The average Bonchev–Trinajstić information content (AvgIpc) is 3.33. The van der Waals surface area contributed by atoms with Crippen molar-refractivity contribution in [3.63, 3.8) is 0 Å². The van der Waals surface area contributed by atoms with Gasteiger partial charge in [0.15, 0.2) is 5.65 Å². The molecule has 0 aliphatic heterocycles. The van der Waals surface area contributed by atoms with E-state index in [-0.39, 0.29) is 23.3 Å². The van der Waals surface area contributed by atoms with Crippen molar-refractivity contribution in [2.75, 3.05) is 0 Å². The molecule has 162 valence electrons. The third-order valence-electron chi connectivity index (χ3n) is 5.36. The van der Waals surface area contributed by atoms with Crippen LogP contribution in [0.4, 0.5) is 13.2 Å². The van der Waals surface area contributed by atoms with Crippen molar-refractivity contribution >= 4 is 21.9 Å². The zero-order valence-electron chi connectivity index (χ0n) is 16.7. The van der Waals surface area contributed by atoms with Crippen LogP contribution in [0.5, 0.6) is 0 Å². The number of aliphatic hydroxyl groups excluding tert-OH is 1. The Labute approximate surface area is 178 Å². The van der Waals surface area contributed by atoms with Gasteiger partial charge in [-0.1, -0.05) is 24.3 Å². The van der Waals surface area contributed by atoms with Crippen LogP contribution in [0.15, 0.2) is 59.5 Å². The van der Waals surface area contributed by atoms with E-state index in [1.54, 1.807) is 37.5 Å². The highest BCUT2D eigenvalue weighted by Gasteiger charge is 2.31. The SMILES string of the molecule is Cn1ncc2c3[nH]n(-c4ccc(CO)cc4)c(=O)c3c(-c3cccc(C(F)(F)F)c3)nc21. The Hall–Kier alpha value is -3.92. The van der Waals surface area contributed by atoms with E-state index in [2.05, 4.69) is 15.2 Å². The standard InChI is InChI=1S/C22H16F3N5O2/c1-29-20-16(10-26-29)19-17(18(27-20)13-3-2-4-14(9-13)22(23,24)25)21(32)30(28-19)15-7-5-12(11-31)6-8-15/h2-10,28,31H,11H2,1H3. The van der Waals surface area contributed by atoms with Crippen LogP contribution in [0.25, 0.3) is 38.9 Å². The van der Waals surface area contributed by atoms with Crippen molar-refractivity contribution < 1.29 is 18.3 Å². The molecule has 5 rings (SSSR count). The third-order valence-corrected chi connectivity index (χ3v) is 5.36. The lowest BCUT2D eigenvalue weighted by Crippen LogP contribution is -2.15. The summed E-state index contributed by atoms with van der Waals surface area (Å²) in [4.78, 5) is 17.9. The Kier molecular flexibility index (Phi) is 4.41.